The number of nitrogens with one attached hydrogen (secondary N) is 3. The molecule has 7 nitrogen and oxygen atoms in total. The number of carbonyl (C=O) groups excluding carboxylic acids is 2. The molecule has 0 spiro atoms. The number of likely N-dealkylation sites (tertiary alicyclic amines) is 1. The summed E-state index contributed by atoms with van der Waals surface area (Å²) in [5.41, 5.74) is 1.26. The topological polar surface area (TPSA) is 85.8 Å². The number of nitrogens with zero attached hydrogens (tertiary/aromatic N) is 2. The van der Waals surface area contributed by atoms with Gasteiger partial charge in [0.05, 0.1) is 0 Å². The Kier molecular flexibility index (Phi) is 9.18. The van der Waals surface area contributed by atoms with Gasteiger partial charge < -0.3 is 20.9 Å². The lowest BCUT2D eigenvalue weighted by Gasteiger charge is -2.21. The van der Waals surface area contributed by atoms with E-state index in [0.717, 1.165) is 32.4 Å². The van der Waals surface area contributed by atoms with Gasteiger partial charge in [-0.3, -0.25) is 14.6 Å². The Morgan fingerprint density at radius 2 is 1.81 bits per heavy atom. The number of hydrogen-bond donors (Lipinski definition) is 3. The SMILES string of the molecule is CN=C(NCCNC(=O)C1CCCCC1)NCC1CC(=O)N(CCc2ccccc2)C1. The molecule has 0 radical (unpaired) electrons. The van der Waals surface area contributed by atoms with E-state index in [4.69, 9.17) is 0 Å². The lowest BCUT2D eigenvalue weighted by Crippen LogP contribution is -2.44. The first-order valence-corrected chi connectivity index (χ1v) is 11.7. The van der Waals surface area contributed by atoms with E-state index in [1.54, 1.807) is 7.05 Å². The summed E-state index contributed by atoms with van der Waals surface area (Å²) in [4.78, 5) is 30.8. The molecule has 1 unspecified atom stereocenters. The summed E-state index contributed by atoms with van der Waals surface area (Å²) < 4.78 is 0. The smallest absolute Gasteiger partial charge is 0.223 e. The second-order valence-electron chi connectivity index (χ2n) is 8.65. The lowest BCUT2D eigenvalue weighted by molar-refractivity contribution is -0.128. The molecule has 1 atom stereocenters. The van der Waals surface area contributed by atoms with Gasteiger partial charge in [-0.25, -0.2) is 0 Å². The van der Waals surface area contributed by atoms with Gasteiger partial charge in [0.2, 0.25) is 11.8 Å². The van der Waals surface area contributed by atoms with Gasteiger partial charge in [0.1, 0.15) is 0 Å². The predicted octanol–water partition coefficient (Wildman–Crippen LogP) is 1.94. The number of rotatable bonds is 9. The van der Waals surface area contributed by atoms with Crippen LogP contribution < -0.4 is 16.0 Å². The second-order valence-corrected chi connectivity index (χ2v) is 8.65. The van der Waals surface area contributed by atoms with Crippen molar-refractivity contribution < 1.29 is 9.59 Å². The molecule has 170 valence electrons. The molecule has 3 N–H and O–H groups in total. The summed E-state index contributed by atoms with van der Waals surface area (Å²) in [5, 5.41) is 9.60. The third kappa shape index (κ3) is 7.56. The minimum absolute atomic E-state index is 0.185. The van der Waals surface area contributed by atoms with E-state index in [1.807, 2.05) is 23.1 Å². The number of hydrogen-bond acceptors (Lipinski definition) is 3. The van der Waals surface area contributed by atoms with Crippen LogP contribution in [0.2, 0.25) is 0 Å². The van der Waals surface area contributed by atoms with Crippen molar-refractivity contribution in [2.75, 3.05) is 39.8 Å². The van der Waals surface area contributed by atoms with Crippen LogP contribution in [0.4, 0.5) is 0 Å². The largest absolute Gasteiger partial charge is 0.356 e. The van der Waals surface area contributed by atoms with E-state index in [-0.39, 0.29) is 23.7 Å². The third-order valence-corrected chi connectivity index (χ3v) is 6.28. The molecule has 7 heteroatoms. The van der Waals surface area contributed by atoms with Crippen molar-refractivity contribution in [1.29, 1.82) is 0 Å². The summed E-state index contributed by atoms with van der Waals surface area (Å²) in [6, 6.07) is 10.3. The van der Waals surface area contributed by atoms with Crippen molar-refractivity contribution in [1.82, 2.24) is 20.9 Å². The zero-order valence-electron chi connectivity index (χ0n) is 18.7. The van der Waals surface area contributed by atoms with Gasteiger partial charge in [-0.15, -0.1) is 0 Å². The van der Waals surface area contributed by atoms with Gasteiger partial charge in [0, 0.05) is 58.0 Å². The average Bonchev–Trinajstić information content (AvgIpc) is 3.17. The van der Waals surface area contributed by atoms with E-state index in [9.17, 15) is 9.59 Å². The van der Waals surface area contributed by atoms with Crippen molar-refractivity contribution >= 4 is 17.8 Å². The highest BCUT2D eigenvalue weighted by Gasteiger charge is 2.29. The number of amides is 2. The molecule has 1 aliphatic heterocycles. The maximum atomic E-state index is 12.3. The fourth-order valence-electron chi connectivity index (χ4n) is 4.45. The van der Waals surface area contributed by atoms with Gasteiger partial charge in [-0.05, 0) is 24.8 Å². The maximum absolute atomic E-state index is 12.3. The fraction of sp³-hybridized carbons (Fsp3) is 0.625. The van der Waals surface area contributed by atoms with Gasteiger partial charge >= 0.3 is 0 Å². The molecule has 3 rings (SSSR count). The first kappa shape index (κ1) is 23.1. The van der Waals surface area contributed by atoms with Crippen LogP contribution in [0.25, 0.3) is 0 Å². The molecule has 1 saturated heterocycles. The van der Waals surface area contributed by atoms with Crippen LogP contribution in [0, 0.1) is 11.8 Å². The Morgan fingerprint density at radius 3 is 2.55 bits per heavy atom. The molecule has 2 amide bonds. The summed E-state index contributed by atoms with van der Waals surface area (Å²) in [6.07, 6.45) is 7.10. The van der Waals surface area contributed by atoms with Gasteiger partial charge in [0.25, 0.3) is 0 Å². The Morgan fingerprint density at radius 1 is 1.06 bits per heavy atom. The Hall–Kier alpha value is -2.57. The molecule has 2 fully saturated rings. The summed E-state index contributed by atoms with van der Waals surface area (Å²) >= 11 is 0. The van der Waals surface area contributed by atoms with Crippen molar-refractivity contribution in [3.8, 4) is 0 Å². The summed E-state index contributed by atoms with van der Waals surface area (Å²) in [6.45, 7) is 3.48. The first-order chi connectivity index (χ1) is 15.2. The van der Waals surface area contributed by atoms with Crippen molar-refractivity contribution in [3.63, 3.8) is 0 Å². The van der Waals surface area contributed by atoms with Crippen LogP contribution in [0.3, 0.4) is 0 Å². The predicted molar refractivity (Wildman–Crippen MR) is 124 cm³/mol. The van der Waals surface area contributed by atoms with Crippen molar-refractivity contribution in [2.45, 2.75) is 44.9 Å². The highest BCUT2D eigenvalue weighted by molar-refractivity contribution is 5.81. The molecule has 1 heterocycles. The molecule has 31 heavy (non-hydrogen) atoms. The maximum Gasteiger partial charge on any atom is 0.223 e. The van der Waals surface area contributed by atoms with E-state index < -0.39 is 0 Å². The quantitative estimate of drug-likeness (QED) is 0.319. The highest BCUT2D eigenvalue weighted by atomic mass is 16.2. The first-order valence-electron chi connectivity index (χ1n) is 11.7. The second kappa shape index (κ2) is 12.3. The Balaban J connectivity index is 1.30. The Bertz CT molecular complexity index is 731. The fourth-order valence-corrected chi connectivity index (χ4v) is 4.45. The van der Waals surface area contributed by atoms with Crippen LogP contribution in [-0.2, 0) is 16.0 Å². The van der Waals surface area contributed by atoms with E-state index in [0.29, 0.717) is 32.0 Å². The summed E-state index contributed by atoms with van der Waals surface area (Å²) in [7, 11) is 1.74. The zero-order chi connectivity index (χ0) is 21.9. The highest BCUT2D eigenvalue weighted by Crippen LogP contribution is 2.23. The molecule has 1 aliphatic carbocycles. The number of aliphatic imine (C=N–C) groups is 1. The van der Waals surface area contributed by atoms with Crippen molar-refractivity contribution in [2.24, 2.45) is 16.8 Å². The van der Waals surface area contributed by atoms with Crippen LogP contribution >= 0.6 is 0 Å². The van der Waals surface area contributed by atoms with E-state index in [2.05, 4.69) is 33.1 Å². The molecular formula is C24H37N5O2. The van der Waals surface area contributed by atoms with Crippen LogP contribution in [-0.4, -0.2) is 62.4 Å². The molecule has 1 aromatic carbocycles. The van der Waals surface area contributed by atoms with Crippen LogP contribution in [0.5, 0.6) is 0 Å². The summed E-state index contributed by atoms with van der Waals surface area (Å²) in [5.74, 6) is 1.60. The zero-order valence-corrected chi connectivity index (χ0v) is 18.7. The minimum atomic E-state index is 0.185. The van der Waals surface area contributed by atoms with Crippen molar-refractivity contribution in [3.05, 3.63) is 35.9 Å². The normalized spacial score (nSPS) is 20.0. The van der Waals surface area contributed by atoms with Crippen LogP contribution in [0.1, 0.15) is 44.1 Å². The molecule has 1 aromatic rings. The monoisotopic (exact) mass is 427 g/mol. The molecule has 0 bridgehead atoms. The van der Waals surface area contributed by atoms with Gasteiger partial charge in [-0.2, -0.15) is 0 Å². The van der Waals surface area contributed by atoms with Gasteiger partial charge in [0.15, 0.2) is 5.96 Å². The third-order valence-electron chi connectivity index (χ3n) is 6.28. The molecule has 0 aromatic heterocycles. The minimum Gasteiger partial charge on any atom is -0.356 e. The Labute approximate surface area is 186 Å². The lowest BCUT2D eigenvalue weighted by atomic mass is 9.89. The number of guanidine groups is 1. The molecular weight excluding hydrogens is 390 g/mol. The van der Waals surface area contributed by atoms with Crippen LogP contribution in [0.15, 0.2) is 35.3 Å². The number of benzene rings is 1. The number of carbonyl (C=O) groups is 2. The van der Waals surface area contributed by atoms with E-state index >= 15 is 0 Å². The standard InChI is InChI=1S/C24H37N5O2/c1-25-24(27-14-13-26-23(31)21-10-6-3-7-11-21)28-17-20-16-22(30)29(18-20)15-12-19-8-4-2-5-9-19/h2,4-5,8-9,20-21H,3,6-7,10-18H2,1H3,(H,26,31)(H2,25,27,28). The molecule has 1 saturated carbocycles. The van der Waals surface area contributed by atoms with Gasteiger partial charge in [-0.1, -0.05) is 49.6 Å². The van der Waals surface area contributed by atoms with E-state index in [1.165, 1.54) is 24.8 Å². The average molecular weight is 428 g/mol. The molecule has 2 aliphatic rings.